The van der Waals surface area contributed by atoms with Crippen LogP contribution in [0.5, 0.6) is 0 Å². The summed E-state index contributed by atoms with van der Waals surface area (Å²) in [7, 11) is 0. The smallest absolute Gasteiger partial charge is 0.0884 e. The molecule has 13 heavy (non-hydrogen) atoms. The Morgan fingerprint density at radius 1 is 1.62 bits per heavy atom. The van der Waals surface area contributed by atoms with Crippen molar-refractivity contribution in [2.45, 2.75) is 48.6 Å². The standard InChI is InChI=1S/C10H16Br2O/c1-3-8(11)10-6-4-5-9(12)7(2)13-10/h4,6-10H,3,5H2,1-2H3/t7-,8+,9-,10-/m1/s1. The van der Waals surface area contributed by atoms with Crippen LogP contribution in [-0.2, 0) is 4.74 Å². The second-order valence-corrected chi connectivity index (χ2v) is 5.76. The van der Waals surface area contributed by atoms with Crippen LogP contribution in [0.4, 0.5) is 0 Å². The van der Waals surface area contributed by atoms with Gasteiger partial charge in [-0.3, -0.25) is 0 Å². The first kappa shape index (κ1) is 11.7. The topological polar surface area (TPSA) is 9.23 Å². The number of halogens is 2. The molecule has 0 saturated carbocycles. The molecule has 0 fully saturated rings. The first-order valence-electron chi connectivity index (χ1n) is 4.75. The van der Waals surface area contributed by atoms with Gasteiger partial charge in [-0.1, -0.05) is 50.9 Å². The summed E-state index contributed by atoms with van der Waals surface area (Å²) < 4.78 is 5.90. The number of hydrogen-bond acceptors (Lipinski definition) is 1. The van der Waals surface area contributed by atoms with Gasteiger partial charge in [0.05, 0.1) is 12.2 Å². The van der Waals surface area contributed by atoms with Gasteiger partial charge in [0.2, 0.25) is 0 Å². The van der Waals surface area contributed by atoms with Gasteiger partial charge in [-0.05, 0) is 19.8 Å². The molecule has 1 heterocycles. The Morgan fingerprint density at radius 3 is 2.92 bits per heavy atom. The summed E-state index contributed by atoms with van der Waals surface area (Å²) in [6.07, 6.45) is 7.03. The fourth-order valence-electron chi connectivity index (χ4n) is 1.35. The van der Waals surface area contributed by atoms with E-state index >= 15 is 0 Å². The lowest BCUT2D eigenvalue weighted by Crippen LogP contribution is -2.28. The summed E-state index contributed by atoms with van der Waals surface area (Å²) in [5, 5.41) is 0. The number of allylic oxidation sites excluding steroid dienone is 1. The number of rotatable bonds is 2. The molecule has 1 rings (SSSR count). The summed E-state index contributed by atoms with van der Waals surface area (Å²) in [5.74, 6) is 0. The SMILES string of the molecule is CC[C@H](Br)[C@H]1C=CC[C@@H](Br)[C@@H](C)O1. The van der Waals surface area contributed by atoms with Crippen molar-refractivity contribution in [3.8, 4) is 0 Å². The van der Waals surface area contributed by atoms with E-state index < -0.39 is 0 Å². The molecule has 0 amide bonds. The van der Waals surface area contributed by atoms with Gasteiger partial charge >= 0.3 is 0 Å². The van der Waals surface area contributed by atoms with Crippen LogP contribution < -0.4 is 0 Å². The Bertz CT molecular complexity index is 182. The van der Waals surface area contributed by atoms with E-state index in [1.807, 2.05) is 0 Å². The van der Waals surface area contributed by atoms with E-state index in [1.165, 1.54) is 0 Å². The van der Waals surface area contributed by atoms with Gasteiger partial charge in [0, 0.05) is 9.65 Å². The van der Waals surface area contributed by atoms with Crippen molar-refractivity contribution in [1.82, 2.24) is 0 Å². The first-order chi connectivity index (χ1) is 6.15. The molecule has 4 atom stereocenters. The molecule has 0 N–H and O–H groups in total. The van der Waals surface area contributed by atoms with Gasteiger partial charge in [0.1, 0.15) is 0 Å². The summed E-state index contributed by atoms with van der Waals surface area (Å²) in [5.41, 5.74) is 0. The third-order valence-corrected chi connectivity index (χ3v) is 4.60. The molecule has 1 aliphatic heterocycles. The summed E-state index contributed by atoms with van der Waals surface area (Å²) in [4.78, 5) is 0.884. The minimum atomic E-state index is 0.225. The van der Waals surface area contributed by atoms with Gasteiger partial charge < -0.3 is 4.74 Å². The average Bonchev–Trinajstić information content (AvgIpc) is 2.28. The van der Waals surface area contributed by atoms with Crippen LogP contribution in [0.3, 0.4) is 0 Å². The van der Waals surface area contributed by atoms with Crippen molar-refractivity contribution >= 4 is 31.9 Å². The average molecular weight is 312 g/mol. The molecule has 0 bridgehead atoms. The molecule has 76 valence electrons. The lowest BCUT2D eigenvalue weighted by Gasteiger charge is -2.23. The van der Waals surface area contributed by atoms with E-state index in [-0.39, 0.29) is 12.2 Å². The Balaban J connectivity index is 2.57. The number of alkyl halides is 2. The summed E-state index contributed by atoms with van der Waals surface area (Å²) in [6, 6.07) is 0. The van der Waals surface area contributed by atoms with Gasteiger partial charge in [-0.25, -0.2) is 0 Å². The van der Waals surface area contributed by atoms with Crippen LogP contribution in [0, 0.1) is 0 Å². The van der Waals surface area contributed by atoms with E-state index in [2.05, 4.69) is 57.9 Å². The number of hydrogen-bond donors (Lipinski definition) is 0. The third kappa shape index (κ3) is 3.37. The van der Waals surface area contributed by atoms with E-state index in [9.17, 15) is 0 Å². The molecule has 0 aromatic rings. The van der Waals surface area contributed by atoms with Gasteiger partial charge in [0.15, 0.2) is 0 Å². The second kappa shape index (κ2) is 5.52. The van der Waals surface area contributed by atoms with Crippen molar-refractivity contribution in [2.75, 3.05) is 0 Å². The molecule has 1 nitrogen and oxygen atoms in total. The molecule has 0 saturated heterocycles. The zero-order valence-corrected chi connectivity index (χ0v) is 11.2. The van der Waals surface area contributed by atoms with Crippen LogP contribution >= 0.6 is 31.9 Å². The first-order valence-corrected chi connectivity index (χ1v) is 6.58. The minimum Gasteiger partial charge on any atom is -0.369 e. The molecular formula is C10H16Br2O. The fourth-order valence-corrected chi connectivity index (χ4v) is 1.99. The molecule has 1 aliphatic rings. The van der Waals surface area contributed by atoms with Gasteiger partial charge in [0.25, 0.3) is 0 Å². The maximum absolute atomic E-state index is 5.90. The molecule has 0 unspecified atom stereocenters. The number of ether oxygens (including phenoxy) is 1. The highest BCUT2D eigenvalue weighted by molar-refractivity contribution is 9.09. The van der Waals surface area contributed by atoms with E-state index in [0.717, 1.165) is 12.8 Å². The molecule has 3 heteroatoms. The highest BCUT2D eigenvalue weighted by atomic mass is 79.9. The van der Waals surface area contributed by atoms with Crippen LogP contribution in [0.2, 0.25) is 0 Å². The normalized spacial score (nSPS) is 37.1. The van der Waals surface area contributed by atoms with Crippen molar-refractivity contribution in [3.63, 3.8) is 0 Å². The highest BCUT2D eigenvalue weighted by Gasteiger charge is 2.24. The Hall–Kier alpha value is 0.660. The van der Waals surface area contributed by atoms with Gasteiger partial charge in [-0.15, -0.1) is 0 Å². The van der Waals surface area contributed by atoms with Crippen molar-refractivity contribution < 1.29 is 4.74 Å². The van der Waals surface area contributed by atoms with E-state index in [4.69, 9.17) is 4.74 Å². The summed E-state index contributed by atoms with van der Waals surface area (Å²) in [6.45, 7) is 4.28. The van der Waals surface area contributed by atoms with Gasteiger partial charge in [-0.2, -0.15) is 0 Å². The van der Waals surface area contributed by atoms with E-state index in [1.54, 1.807) is 0 Å². The Kier molecular flexibility index (Phi) is 4.98. The third-order valence-electron chi connectivity index (χ3n) is 2.31. The monoisotopic (exact) mass is 310 g/mol. The predicted molar refractivity (Wildman–Crippen MR) is 63.8 cm³/mol. The largest absolute Gasteiger partial charge is 0.369 e. The predicted octanol–water partition coefficient (Wildman–Crippen LogP) is 3.66. The molecule has 0 aliphatic carbocycles. The molecule has 0 aromatic carbocycles. The maximum Gasteiger partial charge on any atom is 0.0884 e. The Morgan fingerprint density at radius 2 is 2.31 bits per heavy atom. The van der Waals surface area contributed by atoms with Crippen LogP contribution in [0.25, 0.3) is 0 Å². The molecular weight excluding hydrogens is 296 g/mol. The van der Waals surface area contributed by atoms with Crippen molar-refractivity contribution in [3.05, 3.63) is 12.2 Å². The second-order valence-electron chi connectivity index (χ2n) is 3.41. The maximum atomic E-state index is 5.90. The zero-order chi connectivity index (χ0) is 9.84. The lowest BCUT2D eigenvalue weighted by atomic mass is 10.2. The van der Waals surface area contributed by atoms with Crippen LogP contribution in [0.15, 0.2) is 12.2 Å². The lowest BCUT2D eigenvalue weighted by molar-refractivity contribution is 0.0284. The molecule has 0 spiro atoms. The highest BCUT2D eigenvalue weighted by Crippen LogP contribution is 2.24. The van der Waals surface area contributed by atoms with Crippen LogP contribution in [0.1, 0.15) is 26.7 Å². The van der Waals surface area contributed by atoms with Crippen molar-refractivity contribution in [2.24, 2.45) is 0 Å². The van der Waals surface area contributed by atoms with Crippen LogP contribution in [-0.4, -0.2) is 21.9 Å². The van der Waals surface area contributed by atoms with E-state index in [0.29, 0.717) is 9.65 Å². The minimum absolute atomic E-state index is 0.225. The zero-order valence-electron chi connectivity index (χ0n) is 8.04. The quantitative estimate of drug-likeness (QED) is 0.558. The molecule has 0 radical (unpaired) electrons. The fraction of sp³-hybridized carbons (Fsp3) is 0.800. The Labute approximate surface area is 97.2 Å². The van der Waals surface area contributed by atoms with Crippen molar-refractivity contribution in [1.29, 1.82) is 0 Å². The molecule has 0 aromatic heterocycles. The summed E-state index contributed by atoms with van der Waals surface area (Å²) >= 11 is 7.24.